The van der Waals surface area contributed by atoms with Gasteiger partial charge in [0, 0.05) is 26.0 Å². The molecule has 1 heterocycles. The Hall–Kier alpha value is -2.25. The first kappa shape index (κ1) is 15.1. The van der Waals surface area contributed by atoms with E-state index < -0.39 is 12.3 Å². The highest BCUT2D eigenvalue weighted by Crippen LogP contribution is 2.31. The Kier molecular flexibility index (Phi) is 4.06. The molecule has 1 N–H and O–H groups in total. The Morgan fingerprint density at radius 1 is 1.48 bits per heavy atom. The van der Waals surface area contributed by atoms with Gasteiger partial charge in [0.15, 0.2) is 0 Å². The number of hydrazine groups is 1. The van der Waals surface area contributed by atoms with Crippen LogP contribution in [0.1, 0.15) is 18.9 Å². The highest BCUT2D eigenvalue weighted by atomic mass is 19.4. The summed E-state index contributed by atoms with van der Waals surface area (Å²) in [6.07, 6.45) is -6.66. The Balaban J connectivity index is 2.10. The van der Waals surface area contributed by atoms with E-state index in [0.717, 1.165) is 0 Å². The number of anilines is 1. The van der Waals surface area contributed by atoms with Gasteiger partial charge in [0.1, 0.15) is 0 Å². The highest BCUT2D eigenvalue weighted by Gasteiger charge is 2.45. The van der Waals surface area contributed by atoms with Crippen molar-refractivity contribution in [2.75, 3.05) is 12.5 Å². The maximum Gasteiger partial charge on any atom is 0.428 e. The van der Waals surface area contributed by atoms with E-state index in [1.807, 2.05) is 0 Å². The summed E-state index contributed by atoms with van der Waals surface area (Å²) in [5, 5.41) is 4.77. The van der Waals surface area contributed by atoms with Crippen molar-refractivity contribution in [1.82, 2.24) is 5.01 Å². The SMILES string of the molecule is CC(=O)N(C)Nc1cccc(C2=NOC(C(F)(F)F)C2)c1. The molecule has 1 aliphatic heterocycles. The molecule has 1 aromatic rings. The molecule has 21 heavy (non-hydrogen) atoms. The largest absolute Gasteiger partial charge is 0.428 e. The molecular weight excluding hydrogens is 287 g/mol. The van der Waals surface area contributed by atoms with Crippen molar-refractivity contribution in [2.45, 2.75) is 25.6 Å². The summed E-state index contributed by atoms with van der Waals surface area (Å²) >= 11 is 0. The Bertz CT molecular complexity index is 572. The molecule has 114 valence electrons. The number of nitrogens with zero attached hydrogens (tertiary/aromatic N) is 2. The molecule has 5 nitrogen and oxygen atoms in total. The van der Waals surface area contributed by atoms with Crippen molar-refractivity contribution >= 4 is 17.3 Å². The van der Waals surface area contributed by atoms with Gasteiger partial charge in [-0.15, -0.1) is 0 Å². The molecule has 0 radical (unpaired) electrons. The van der Waals surface area contributed by atoms with E-state index in [1.54, 1.807) is 31.3 Å². The van der Waals surface area contributed by atoms with E-state index in [9.17, 15) is 18.0 Å². The predicted molar refractivity (Wildman–Crippen MR) is 70.6 cm³/mol. The summed E-state index contributed by atoms with van der Waals surface area (Å²) in [7, 11) is 1.55. The Labute approximate surface area is 119 Å². The first-order chi connectivity index (χ1) is 9.77. The van der Waals surface area contributed by atoms with E-state index >= 15 is 0 Å². The molecule has 0 saturated heterocycles. The van der Waals surface area contributed by atoms with Crippen LogP contribution in [0.25, 0.3) is 0 Å². The van der Waals surface area contributed by atoms with Gasteiger partial charge in [0.25, 0.3) is 0 Å². The van der Waals surface area contributed by atoms with Crippen LogP contribution in [0.2, 0.25) is 0 Å². The van der Waals surface area contributed by atoms with Crippen LogP contribution in [0.5, 0.6) is 0 Å². The van der Waals surface area contributed by atoms with Gasteiger partial charge in [-0.3, -0.25) is 15.2 Å². The number of alkyl halides is 3. The summed E-state index contributed by atoms with van der Waals surface area (Å²) in [6, 6.07) is 6.61. The second-order valence-corrected chi connectivity index (χ2v) is 4.65. The van der Waals surface area contributed by atoms with E-state index in [4.69, 9.17) is 0 Å². The fraction of sp³-hybridized carbons (Fsp3) is 0.385. The lowest BCUT2D eigenvalue weighted by Gasteiger charge is -2.18. The summed E-state index contributed by atoms with van der Waals surface area (Å²) < 4.78 is 37.6. The smallest absolute Gasteiger partial charge is 0.382 e. The van der Waals surface area contributed by atoms with Crippen LogP contribution in [-0.4, -0.2) is 36.0 Å². The molecule has 1 atom stereocenters. The topological polar surface area (TPSA) is 53.9 Å². The molecule has 0 fully saturated rings. The second-order valence-electron chi connectivity index (χ2n) is 4.65. The minimum absolute atomic E-state index is 0.195. The van der Waals surface area contributed by atoms with Gasteiger partial charge in [-0.25, -0.2) is 0 Å². The lowest BCUT2D eigenvalue weighted by molar-refractivity contribution is -0.212. The summed E-state index contributed by atoms with van der Waals surface area (Å²) in [5.41, 5.74) is 4.13. The van der Waals surface area contributed by atoms with Gasteiger partial charge < -0.3 is 4.84 Å². The van der Waals surface area contributed by atoms with Crippen LogP contribution in [-0.2, 0) is 9.63 Å². The number of oxime groups is 1. The van der Waals surface area contributed by atoms with Crippen LogP contribution >= 0.6 is 0 Å². The molecule has 1 aromatic carbocycles. The van der Waals surface area contributed by atoms with Crippen molar-refractivity contribution in [2.24, 2.45) is 5.16 Å². The number of benzene rings is 1. The fourth-order valence-electron chi connectivity index (χ4n) is 1.76. The highest BCUT2D eigenvalue weighted by molar-refractivity contribution is 6.02. The van der Waals surface area contributed by atoms with Gasteiger partial charge in [0.05, 0.1) is 11.4 Å². The monoisotopic (exact) mass is 301 g/mol. The zero-order chi connectivity index (χ0) is 15.6. The number of amides is 1. The molecule has 0 aromatic heterocycles. The van der Waals surface area contributed by atoms with Crippen LogP contribution in [0.3, 0.4) is 0 Å². The van der Waals surface area contributed by atoms with Crippen molar-refractivity contribution in [1.29, 1.82) is 0 Å². The molecule has 0 saturated carbocycles. The van der Waals surface area contributed by atoms with E-state index in [1.165, 1.54) is 11.9 Å². The normalized spacial score (nSPS) is 18.0. The number of hydrogen-bond donors (Lipinski definition) is 1. The average Bonchev–Trinajstić information content (AvgIpc) is 2.88. The summed E-state index contributed by atoms with van der Waals surface area (Å²) in [5.74, 6) is -0.195. The molecule has 1 unspecified atom stereocenters. The lowest BCUT2D eigenvalue weighted by atomic mass is 10.0. The minimum Gasteiger partial charge on any atom is -0.382 e. The fourth-order valence-corrected chi connectivity index (χ4v) is 1.76. The van der Waals surface area contributed by atoms with Crippen LogP contribution in [0.4, 0.5) is 18.9 Å². The minimum atomic E-state index is -4.43. The Morgan fingerprint density at radius 3 is 2.76 bits per heavy atom. The van der Waals surface area contributed by atoms with E-state index in [-0.39, 0.29) is 18.0 Å². The third kappa shape index (κ3) is 3.65. The summed E-state index contributed by atoms with van der Waals surface area (Å²) in [6.45, 7) is 1.39. The average molecular weight is 301 g/mol. The number of nitrogens with one attached hydrogen (secondary N) is 1. The van der Waals surface area contributed by atoms with E-state index in [0.29, 0.717) is 11.3 Å². The molecular formula is C13H14F3N3O2. The first-order valence-electron chi connectivity index (χ1n) is 6.18. The molecule has 0 spiro atoms. The zero-order valence-corrected chi connectivity index (χ0v) is 11.4. The number of hydrogen-bond acceptors (Lipinski definition) is 4. The van der Waals surface area contributed by atoms with E-state index in [2.05, 4.69) is 15.4 Å². The third-order valence-corrected chi connectivity index (χ3v) is 3.00. The van der Waals surface area contributed by atoms with Gasteiger partial charge in [-0.1, -0.05) is 17.3 Å². The van der Waals surface area contributed by atoms with Crippen LogP contribution < -0.4 is 5.43 Å². The maximum absolute atomic E-state index is 12.5. The van der Waals surface area contributed by atoms with Crippen molar-refractivity contribution in [3.05, 3.63) is 29.8 Å². The van der Waals surface area contributed by atoms with Gasteiger partial charge >= 0.3 is 6.18 Å². The number of carbonyl (C=O) groups excluding carboxylic acids is 1. The van der Waals surface area contributed by atoms with Gasteiger partial charge in [-0.2, -0.15) is 13.2 Å². The van der Waals surface area contributed by atoms with Crippen molar-refractivity contribution in [3.63, 3.8) is 0 Å². The first-order valence-corrected chi connectivity index (χ1v) is 6.18. The van der Waals surface area contributed by atoms with Gasteiger partial charge in [0.2, 0.25) is 12.0 Å². The number of halogens is 3. The summed E-state index contributed by atoms with van der Waals surface area (Å²) in [4.78, 5) is 15.6. The zero-order valence-electron chi connectivity index (χ0n) is 11.4. The second kappa shape index (κ2) is 5.63. The Morgan fingerprint density at radius 2 is 2.19 bits per heavy atom. The van der Waals surface area contributed by atoms with Crippen LogP contribution in [0, 0.1) is 0 Å². The molecule has 0 aliphatic carbocycles. The van der Waals surface area contributed by atoms with Gasteiger partial charge in [-0.05, 0) is 12.1 Å². The molecule has 2 rings (SSSR count). The standard InChI is InChI=1S/C13H14F3N3O2/c1-8(20)19(2)17-10-5-3-4-9(6-10)11-7-12(21-18-11)13(14,15)16/h3-6,12,17H,7H2,1-2H3. The maximum atomic E-state index is 12.5. The number of rotatable bonds is 3. The molecule has 0 bridgehead atoms. The quantitative estimate of drug-likeness (QED) is 0.873. The van der Waals surface area contributed by atoms with Crippen LogP contribution in [0.15, 0.2) is 29.4 Å². The lowest BCUT2D eigenvalue weighted by Crippen LogP contribution is -2.30. The predicted octanol–water partition coefficient (Wildman–Crippen LogP) is 2.55. The van der Waals surface area contributed by atoms with Crippen molar-refractivity contribution < 1.29 is 22.8 Å². The van der Waals surface area contributed by atoms with Crippen molar-refractivity contribution in [3.8, 4) is 0 Å². The number of carbonyl (C=O) groups is 1. The molecule has 1 amide bonds. The third-order valence-electron chi connectivity index (χ3n) is 3.00. The molecule has 8 heteroatoms. The molecule has 1 aliphatic rings.